The van der Waals surface area contributed by atoms with E-state index in [0.717, 1.165) is 43.9 Å². The van der Waals surface area contributed by atoms with Gasteiger partial charge in [0.2, 0.25) is 25.0 Å². The van der Waals surface area contributed by atoms with E-state index in [1.807, 2.05) is 0 Å². The highest BCUT2D eigenvalue weighted by molar-refractivity contribution is 6.83. The third-order valence-electron chi connectivity index (χ3n) is 10.7. The second-order valence-electron chi connectivity index (χ2n) is 17.0. The Kier molecular flexibility index (Phi) is 15.4. The van der Waals surface area contributed by atoms with Gasteiger partial charge in [-0.3, -0.25) is 0 Å². The molecule has 0 spiro atoms. The van der Waals surface area contributed by atoms with Crippen molar-refractivity contribution in [3.8, 4) is 0 Å². The molecule has 0 amide bonds. The molecule has 0 aromatic rings. The summed E-state index contributed by atoms with van der Waals surface area (Å²) >= 11 is 0. The molecule has 7 nitrogen and oxygen atoms in total. The van der Waals surface area contributed by atoms with Crippen molar-refractivity contribution in [2.75, 3.05) is 19.6 Å². The molecule has 12 heteroatoms. The van der Waals surface area contributed by atoms with E-state index in [4.69, 9.17) is 34.9 Å². The normalized spacial score (nSPS) is 16.6. The Bertz CT molecular complexity index is 836. The number of nitrogens with two attached hydrogens (primary N) is 3. The van der Waals surface area contributed by atoms with Gasteiger partial charge in [0.25, 0.3) is 0 Å². The fourth-order valence-corrected chi connectivity index (χ4v) is 22.8. The van der Waals surface area contributed by atoms with Crippen molar-refractivity contribution in [1.82, 2.24) is 0 Å². The Hall–Kier alpha value is 0.804. The van der Waals surface area contributed by atoms with Crippen molar-refractivity contribution in [1.29, 1.82) is 0 Å². The first-order valence-corrected chi connectivity index (χ1v) is 31.2. The summed E-state index contributed by atoms with van der Waals surface area (Å²) in [5.74, 6) is 0. The highest BCUT2D eigenvalue weighted by atomic mass is 28.4. The van der Waals surface area contributed by atoms with Crippen LogP contribution in [0.5, 0.6) is 0 Å². The molecule has 1 unspecified atom stereocenters. The van der Waals surface area contributed by atoms with Gasteiger partial charge in [0.1, 0.15) is 0 Å². The summed E-state index contributed by atoms with van der Waals surface area (Å²) in [4.78, 5) is 0. The lowest BCUT2D eigenvalue weighted by atomic mass is 10.5. The fraction of sp³-hybridized carbons (Fsp3) is 1.00. The molecule has 6 N–H and O–H groups in total. The smallest absolute Gasteiger partial charge is 0.219 e. The van der Waals surface area contributed by atoms with E-state index in [1.165, 1.54) is 0 Å². The molecule has 254 valence electrons. The van der Waals surface area contributed by atoms with E-state index >= 15 is 0 Å². The van der Waals surface area contributed by atoms with Crippen LogP contribution in [0.3, 0.4) is 0 Å². The molecule has 0 heterocycles. The summed E-state index contributed by atoms with van der Waals surface area (Å²) < 4.78 is 29.0. The van der Waals surface area contributed by atoms with Crippen molar-refractivity contribution in [3.63, 3.8) is 0 Å². The Labute approximate surface area is 267 Å². The van der Waals surface area contributed by atoms with Crippen LogP contribution >= 0.6 is 0 Å². The lowest BCUT2D eigenvalue weighted by Crippen LogP contribution is -2.71. The Morgan fingerprint density at radius 1 is 0.429 bits per heavy atom. The second-order valence-corrected chi connectivity index (χ2v) is 39.9. The molecule has 0 rings (SSSR count). The van der Waals surface area contributed by atoms with Gasteiger partial charge < -0.3 is 34.9 Å². The van der Waals surface area contributed by atoms with Crippen LogP contribution in [0.4, 0.5) is 0 Å². The van der Waals surface area contributed by atoms with Gasteiger partial charge in [-0.2, -0.15) is 0 Å². The van der Waals surface area contributed by atoms with E-state index in [-0.39, 0.29) is 10.4 Å². The summed E-state index contributed by atoms with van der Waals surface area (Å²) in [5.41, 5.74) is 17.8. The average molecular weight is 682 g/mol. The first-order chi connectivity index (χ1) is 18.5. The third kappa shape index (κ3) is 11.3. The van der Waals surface area contributed by atoms with E-state index in [1.54, 1.807) is 0 Å². The molecule has 0 aliphatic heterocycles. The van der Waals surface area contributed by atoms with Crippen LogP contribution in [0.2, 0.25) is 77.1 Å². The molecular formula is C30H75N3O4Si5. The van der Waals surface area contributed by atoms with Crippen molar-refractivity contribution >= 4 is 41.3 Å². The van der Waals surface area contributed by atoms with Crippen LogP contribution in [0.15, 0.2) is 0 Å². The van der Waals surface area contributed by atoms with Crippen LogP contribution in [-0.2, 0) is 17.7 Å². The lowest BCUT2D eigenvalue weighted by molar-refractivity contribution is 0.0542. The number of hydrogen-bond acceptors (Lipinski definition) is 7. The molecule has 0 saturated heterocycles. The molecule has 0 aromatic carbocycles. The largest absolute Gasteiger partial charge is 0.412 e. The maximum atomic E-state index is 7.48. The van der Waals surface area contributed by atoms with Gasteiger partial charge >= 0.3 is 0 Å². The quantitative estimate of drug-likeness (QED) is 0.109. The molecular weight excluding hydrogens is 607 g/mol. The highest BCUT2D eigenvalue weighted by Crippen LogP contribution is 2.43. The molecule has 0 bridgehead atoms. The van der Waals surface area contributed by atoms with E-state index < -0.39 is 51.8 Å². The van der Waals surface area contributed by atoms with Crippen molar-refractivity contribution in [2.24, 2.45) is 17.2 Å². The van der Waals surface area contributed by atoms with Crippen LogP contribution in [-0.4, -0.2) is 81.9 Å². The molecule has 0 aromatic heterocycles. The minimum atomic E-state index is -2.53. The van der Waals surface area contributed by atoms with Gasteiger partial charge in [-0.25, -0.2) is 0 Å². The topological polar surface area (TPSA) is 115 Å². The zero-order valence-corrected chi connectivity index (χ0v) is 36.2. The maximum Gasteiger partial charge on any atom is 0.219 e. The maximum absolute atomic E-state index is 7.48. The third-order valence-corrected chi connectivity index (χ3v) is 32.0. The first-order valence-electron chi connectivity index (χ1n) is 16.4. The lowest BCUT2D eigenvalue weighted by Gasteiger charge is -2.55. The standard InChI is InChI=1S/C30H75N3O4Si5/c1-27(2,38(9,10)24-18-21-31)35-41(15,16)29(5,6)37-42(17,26-20-23-33)30(7,8)36-40(13,14)28(3,4)34-39(11,12)25-19-22-32/h18-26,31-33H2,1-17H3. The van der Waals surface area contributed by atoms with Crippen molar-refractivity contribution in [3.05, 3.63) is 0 Å². The molecule has 0 saturated carbocycles. The van der Waals surface area contributed by atoms with Crippen molar-refractivity contribution < 1.29 is 17.7 Å². The minimum Gasteiger partial charge on any atom is -0.412 e. The van der Waals surface area contributed by atoms with Gasteiger partial charge in [0.05, 0.1) is 23.7 Å². The molecule has 1 atom stereocenters. The Morgan fingerprint density at radius 3 is 1.21 bits per heavy atom. The first kappa shape index (κ1) is 42.8. The number of hydrogen-bond donors (Lipinski definition) is 3. The Morgan fingerprint density at radius 2 is 0.786 bits per heavy atom. The fourth-order valence-electron chi connectivity index (χ4n) is 5.61. The SMILES string of the molecule is CC(C)(O[Si](C)(C)C(C)(C)O[Si](C)(CCCN)C(C)(C)O[Si](C)(C)C(C)(C)O[Si](C)(C)CCCN)[Si](C)(C)CCCN. The van der Waals surface area contributed by atoms with E-state index in [0.29, 0.717) is 13.1 Å². The van der Waals surface area contributed by atoms with Gasteiger partial charge in [-0.1, -0.05) is 19.1 Å². The average Bonchev–Trinajstić information content (AvgIpc) is 2.77. The van der Waals surface area contributed by atoms with E-state index in [9.17, 15) is 0 Å². The summed E-state index contributed by atoms with van der Waals surface area (Å²) in [7, 11) is -10.9. The van der Waals surface area contributed by atoms with Gasteiger partial charge in [-0.05, 0) is 152 Å². The summed E-state index contributed by atoms with van der Waals surface area (Å²) in [5, 5.41) is -1.41. The molecule has 0 radical (unpaired) electrons. The zero-order chi connectivity index (χ0) is 33.7. The van der Waals surface area contributed by atoms with Gasteiger partial charge in [-0.15, -0.1) is 0 Å². The number of rotatable bonds is 21. The summed E-state index contributed by atoms with van der Waals surface area (Å²) in [6.07, 6.45) is 2.97. The predicted octanol–water partition coefficient (Wildman–Crippen LogP) is 7.27. The van der Waals surface area contributed by atoms with E-state index in [2.05, 4.69) is 114 Å². The van der Waals surface area contributed by atoms with Crippen LogP contribution in [0.1, 0.15) is 74.7 Å². The zero-order valence-electron chi connectivity index (χ0n) is 31.2. The van der Waals surface area contributed by atoms with Gasteiger partial charge in [0, 0.05) is 5.22 Å². The Balaban J connectivity index is 6.34. The van der Waals surface area contributed by atoms with Gasteiger partial charge in [0.15, 0.2) is 8.32 Å². The molecule has 0 aliphatic carbocycles. The summed E-state index contributed by atoms with van der Waals surface area (Å²) in [6, 6.07) is 3.16. The highest BCUT2D eigenvalue weighted by Gasteiger charge is 2.58. The summed E-state index contributed by atoms with van der Waals surface area (Å²) in [6.45, 7) is 41.3. The van der Waals surface area contributed by atoms with Crippen molar-refractivity contribution in [2.45, 2.75) is 173 Å². The minimum absolute atomic E-state index is 0.184. The molecule has 0 fully saturated rings. The predicted molar refractivity (Wildman–Crippen MR) is 198 cm³/mol. The van der Waals surface area contributed by atoms with Crippen LogP contribution in [0.25, 0.3) is 0 Å². The molecule has 42 heavy (non-hydrogen) atoms. The van der Waals surface area contributed by atoms with Crippen LogP contribution < -0.4 is 17.2 Å². The monoisotopic (exact) mass is 681 g/mol. The van der Waals surface area contributed by atoms with Crippen LogP contribution in [0, 0.1) is 0 Å². The second kappa shape index (κ2) is 15.1. The molecule has 0 aliphatic rings.